The topological polar surface area (TPSA) is 124 Å². The van der Waals surface area contributed by atoms with E-state index < -0.39 is 5.76 Å². The van der Waals surface area contributed by atoms with Crippen molar-refractivity contribution in [3.8, 4) is 0 Å². The normalized spacial score (nSPS) is 16.5. The van der Waals surface area contributed by atoms with Gasteiger partial charge in [-0.2, -0.15) is 4.98 Å². The summed E-state index contributed by atoms with van der Waals surface area (Å²) in [6.07, 6.45) is 2.20. The quantitative estimate of drug-likeness (QED) is 0.664. The van der Waals surface area contributed by atoms with E-state index in [1.807, 2.05) is 6.92 Å². The number of rotatable bonds is 6. The van der Waals surface area contributed by atoms with Gasteiger partial charge in [0.2, 0.25) is 0 Å². The van der Waals surface area contributed by atoms with Gasteiger partial charge in [-0.1, -0.05) is 5.16 Å². The standard InChI is InChI=1S/C18H21N5O5/c1-2-23-12-6-5-11(10-14(12)27-18(23)25)20-17(24)19-8-7-15-21-16(28-22-15)13-4-3-9-26-13/h5-6,10,13H,2-4,7-9H2,1H3,(H2,19,20,24)/t13-/m1/s1. The molecule has 0 aliphatic carbocycles. The molecule has 1 aromatic carbocycles. The number of urea groups is 1. The van der Waals surface area contributed by atoms with Crippen LogP contribution in [0.15, 0.2) is 31.9 Å². The fourth-order valence-electron chi connectivity index (χ4n) is 3.18. The fraction of sp³-hybridized carbons (Fsp3) is 0.444. The Morgan fingerprint density at radius 1 is 1.39 bits per heavy atom. The van der Waals surface area contributed by atoms with Crippen molar-refractivity contribution in [1.29, 1.82) is 0 Å². The van der Waals surface area contributed by atoms with E-state index in [4.69, 9.17) is 13.7 Å². The Labute approximate surface area is 159 Å². The number of oxazole rings is 1. The van der Waals surface area contributed by atoms with Crippen molar-refractivity contribution in [3.05, 3.63) is 40.5 Å². The molecule has 10 nitrogen and oxygen atoms in total. The molecule has 1 fully saturated rings. The molecule has 1 aliphatic rings. The Morgan fingerprint density at radius 2 is 2.29 bits per heavy atom. The van der Waals surface area contributed by atoms with Gasteiger partial charge in [-0.05, 0) is 31.9 Å². The van der Waals surface area contributed by atoms with Crippen molar-refractivity contribution in [3.63, 3.8) is 0 Å². The molecule has 0 saturated carbocycles. The molecule has 1 saturated heterocycles. The van der Waals surface area contributed by atoms with Crippen molar-refractivity contribution in [2.75, 3.05) is 18.5 Å². The zero-order chi connectivity index (χ0) is 19.5. The van der Waals surface area contributed by atoms with Gasteiger partial charge >= 0.3 is 11.8 Å². The maximum atomic E-state index is 12.1. The molecule has 0 bridgehead atoms. The summed E-state index contributed by atoms with van der Waals surface area (Å²) in [6, 6.07) is 4.70. The Hall–Kier alpha value is -3.14. The Morgan fingerprint density at radius 3 is 3.07 bits per heavy atom. The molecule has 10 heteroatoms. The lowest BCUT2D eigenvalue weighted by Gasteiger charge is -2.06. The van der Waals surface area contributed by atoms with E-state index in [1.165, 1.54) is 4.57 Å². The molecule has 28 heavy (non-hydrogen) atoms. The molecule has 148 valence electrons. The van der Waals surface area contributed by atoms with Gasteiger partial charge in [-0.15, -0.1) is 0 Å². The third-order valence-electron chi connectivity index (χ3n) is 4.57. The molecule has 3 heterocycles. The van der Waals surface area contributed by atoms with E-state index in [9.17, 15) is 9.59 Å². The van der Waals surface area contributed by atoms with Gasteiger partial charge in [-0.3, -0.25) is 4.57 Å². The van der Waals surface area contributed by atoms with Crippen LogP contribution >= 0.6 is 0 Å². The number of ether oxygens (including phenoxy) is 1. The highest BCUT2D eigenvalue weighted by Crippen LogP contribution is 2.26. The number of carbonyl (C=O) groups excluding carboxylic acids is 1. The lowest BCUT2D eigenvalue weighted by Crippen LogP contribution is -2.30. The summed E-state index contributed by atoms with van der Waals surface area (Å²) in [6.45, 7) is 3.44. The molecular weight excluding hydrogens is 366 g/mol. The van der Waals surface area contributed by atoms with Gasteiger partial charge in [0.1, 0.15) is 6.10 Å². The minimum atomic E-state index is -0.415. The Kier molecular flexibility index (Phi) is 5.11. The average Bonchev–Trinajstić information content (AvgIpc) is 3.40. The van der Waals surface area contributed by atoms with Crippen LogP contribution in [0.1, 0.15) is 37.6 Å². The van der Waals surface area contributed by atoms with Gasteiger partial charge in [0.25, 0.3) is 5.89 Å². The van der Waals surface area contributed by atoms with E-state index in [-0.39, 0.29) is 12.1 Å². The van der Waals surface area contributed by atoms with Crippen molar-refractivity contribution in [2.45, 2.75) is 38.8 Å². The molecule has 3 aromatic rings. The second-order valence-corrected chi connectivity index (χ2v) is 6.48. The highest BCUT2D eigenvalue weighted by atomic mass is 16.5. The summed E-state index contributed by atoms with van der Waals surface area (Å²) in [5.74, 6) is 0.599. The van der Waals surface area contributed by atoms with Crippen molar-refractivity contribution in [2.24, 2.45) is 0 Å². The number of carbonyl (C=O) groups is 1. The smallest absolute Gasteiger partial charge is 0.408 e. The number of aromatic nitrogens is 3. The SMILES string of the molecule is CCn1c(=O)oc2cc(NC(=O)NCCc3noc([C@H]4CCCO4)n3)ccc21. The number of fused-ring (bicyclic) bond motifs is 1. The molecule has 4 rings (SSSR count). The van der Waals surface area contributed by atoms with Crippen LogP contribution in [0.2, 0.25) is 0 Å². The molecule has 0 radical (unpaired) electrons. The molecule has 2 aromatic heterocycles. The average molecular weight is 387 g/mol. The van der Waals surface area contributed by atoms with Gasteiger partial charge < -0.3 is 24.3 Å². The zero-order valence-electron chi connectivity index (χ0n) is 15.4. The number of anilines is 1. The fourth-order valence-corrected chi connectivity index (χ4v) is 3.18. The molecule has 0 spiro atoms. The first kappa shape index (κ1) is 18.2. The van der Waals surface area contributed by atoms with Gasteiger partial charge in [0.15, 0.2) is 11.4 Å². The highest BCUT2D eigenvalue weighted by Gasteiger charge is 2.23. The number of aryl methyl sites for hydroxylation is 1. The van der Waals surface area contributed by atoms with Gasteiger partial charge in [-0.25, -0.2) is 9.59 Å². The third kappa shape index (κ3) is 3.77. The van der Waals surface area contributed by atoms with Crippen LogP contribution in [0, 0.1) is 0 Å². The third-order valence-corrected chi connectivity index (χ3v) is 4.57. The van der Waals surface area contributed by atoms with E-state index in [1.54, 1.807) is 18.2 Å². The Balaban J connectivity index is 1.30. The van der Waals surface area contributed by atoms with Crippen molar-refractivity contribution >= 4 is 22.8 Å². The monoisotopic (exact) mass is 387 g/mol. The second-order valence-electron chi connectivity index (χ2n) is 6.48. The van der Waals surface area contributed by atoms with Gasteiger partial charge in [0.05, 0.1) is 5.52 Å². The first-order valence-electron chi connectivity index (χ1n) is 9.26. The second kappa shape index (κ2) is 7.85. The predicted molar refractivity (Wildman–Crippen MR) is 99.1 cm³/mol. The summed E-state index contributed by atoms with van der Waals surface area (Å²) >= 11 is 0. The van der Waals surface area contributed by atoms with Crippen LogP contribution < -0.4 is 16.4 Å². The van der Waals surface area contributed by atoms with Crippen LogP contribution in [-0.2, 0) is 17.7 Å². The maximum absolute atomic E-state index is 12.1. The van der Waals surface area contributed by atoms with Crippen LogP contribution in [0.3, 0.4) is 0 Å². The largest absolute Gasteiger partial charge is 0.419 e. The number of amides is 2. The van der Waals surface area contributed by atoms with E-state index in [0.29, 0.717) is 54.6 Å². The minimum absolute atomic E-state index is 0.116. The summed E-state index contributed by atoms with van der Waals surface area (Å²) in [5.41, 5.74) is 1.65. The zero-order valence-corrected chi connectivity index (χ0v) is 15.4. The molecule has 2 N–H and O–H groups in total. The number of nitrogens with one attached hydrogen (secondary N) is 2. The summed E-state index contributed by atoms with van der Waals surface area (Å²) < 4.78 is 17.4. The summed E-state index contributed by atoms with van der Waals surface area (Å²) in [5, 5.41) is 9.36. The number of hydrogen-bond acceptors (Lipinski definition) is 7. The van der Waals surface area contributed by atoms with E-state index in [0.717, 1.165) is 12.8 Å². The number of hydrogen-bond donors (Lipinski definition) is 2. The molecule has 2 amide bonds. The van der Waals surface area contributed by atoms with Crippen LogP contribution in [0.4, 0.5) is 10.5 Å². The first-order chi connectivity index (χ1) is 13.6. The van der Waals surface area contributed by atoms with E-state index in [2.05, 4.69) is 20.8 Å². The van der Waals surface area contributed by atoms with Gasteiger partial charge in [0, 0.05) is 37.9 Å². The van der Waals surface area contributed by atoms with Crippen molar-refractivity contribution in [1.82, 2.24) is 20.0 Å². The lowest BCUT2D eigenvalue weighted by molar-refractivity contribution is 0.0835. The van der Waals surface area contributed by atoms with Crippen LogP contribution in [-0.4, -0.2) is 33.9 Å². The maximum Gasteiger partial charge on any atom is 0.419 e. The summed E-state index contributed by atoms with van der Waals surface area (Å²) in [4.78, 5) is 28.1. The number of benzene rings is 1. The number of nitrogens with zero attached hydrogens (tertiary/aromatic N) is 3. The molecule has 1 aliphatic heterocycles. The lowest BCUT2D eigenvalue weighted by atomic mass is 10.2. The molecular formula is C18H21N5O5. The molecule has 1 atom stereocenters. The Bertz CT molecular complexity index is 1030. The summed E-state index contributed by atoms with van der Waals surface area (Å²) in [7, 11) is 0. The minimum Gasteiger partial charge on any atom is -0.408 e. The van der Waals surface area contributed by atoms with Crippen LogP contribution in [0.25, 0.3) is 11.1 Å². The van der Waals surface area contributed by atoms with Crippen molar-refractivity contribution < 1.29 is 18.5 Å². The first-order valence-corrected chi connectivity index (χ1v) is 9.26. The van der Waals surface area contributed by atoms with E-state index >= 15 is 0 Å². The molecule has 0 unspecified atom stereocenters. The predicted octanol–water partition coefficient (Wildman–Crippen LogP) is 2.21. The van der Waals surface area contributed by atoms with Crippen LogP contribution in [0.5, 0.6) is 0 Å². The highest BCUT2D eigenvalue weighted by molar-refractivity contribution is 5.91.